The van der Waals surface area contributed by atoms with Crippen LogP contribution in [-0.4, -0.2) is 39.3 Å². The number of rotatable bonds is 6. The van der Waals surface area contributed by atoms with Crippen molar-refractivity contribution in [3.05, 3.63) is 107 Å². The highest BCUT2D eigenvalue weighted by molar-refractivity contribution is 6.21. The van der Waals surface area contributed by atoms with Crippen molar-refractivity contribution in [3.63, 3.8) is 0 Å². The Morgan fingerprint density at radius 1 is 0.912 bits per heavy atom. The van der Waals surface area contributed by atoms with Gasteiger partial charge < -0.3 is 10.4 Å². The van der Waals surface area contributed by atoms with Crippen molar-refractivity contribution >= 4 is 34.2 Å². The monoisotopic (exact) mass is 451 g/mol. The van der Waals surface area contributed by atoms with Crippen LogP contribution >= 0.6 is 0 Å². The van der Waals surface area contributed by atoms with E-state index in [-0.39, 0.29) is 19.1 Å². The molecule has 1 aliphatic heterocycles. The molecule has 0 fully saturated rings. The van der Waals surface area contributed by atoms with Gasteiger partial charge >= 0.3 is 0 Å². The molecule has 2 heterocycles. The molecule has 2 N–H and O–H groups in total. The Morgan fingerprint density at radius 3 is 2.29 bits per heavy atom. The molecular formula is C27H21N3O4. The highest BCUT2D eigenvalue weighted by Gasteiger charge is 2.38. The quantitative estimate of drug-likeness (QED) is 0.435. The molecule has 0 spiro atoms. The number of carbonyl (C=O) groups excluding carboxylic acids is 3. The molecule has 4 aromatic rings. The van der Waals surface area contributed by atoms with Gasteiger partial charge in [-0.3, -0.25) is 24.3 Å². The summed E-state index contributed by atoms with van der Waals surface area (Å²) in [6.45, 7) is -0.227. The molecule has 1 aromatic heterocycles. The molecule has 1 aliphatic rings. The van der Waals surface area contributed by atoms with Gasteiger partial charge in [0.25, 0.3) is 11.8 Å². The van der Waals surface area contributed by atoms with Gasteiger partial charge in [-0.2, -0.15) is 0 Å². The fourth-order valence-electron chi connectivity index (χ4n) is 4.17. The van der Waals surface area contributed by atoms with Gasteiger partial charge in [0.2, 0.25) is 5.91 Å². The summed E-state index contributed by atoms with van der Waals surface area (Å²) in [6.07, 6.45) is 3.43. The average Bonchev–Trinajstić information content (AvgIpc) is 3.12. The van der Waals surface area contributed by atoms with E-state index in [1.54, 1.807) is 67.0 Å². The van der Waals surface area contributed by atoms with Crippen LogP contribution in [0.4, 0.5) is 5.69 Å². The van der Waals surface area contributed by atoms with Crippen molar-refractivity contribution in [2.75, 3.05) is 11.9 Å². The van der Waals surface area contributed by atoms with Crippen molar-refractivity contribution in [1.82, 2.24) is 9.88 Å². The van der Waals surface area contributed by atoms with Gasteiger partial charge in [-0.1, -0.05) is 42.5 Å². The maximum absolute atomic E-state index is 13.5. The number of hydrogen-bond acceptors (Lipinski definition) is 5. The maximum atomic E-state index is 13.5. The first-order valence-electron chi connectivity index (χ1n) is 10.8. The zero-order chi connectivity index (χ0) is 23.7. The Bertz CT molecular complexity index is 1380. The lowest BCUT2D eigenvalue weighted by atomic mass is 9.96. The highest BCUT2D eigenvalue weighted by atomic mass is 16.3. The van der Waals surface area contributed by atoms with Gasteiger partial charge in [-0.05, 0) is 46.8 Å². The molecule has 7 nitrogen and oxygen atoms in total. The molecule has 1 unspecified atom stereocenters. The summed E-state index contributed by atoms with van der Waals surface area (Å²) in [5, 5.41) is 14.2. The van der Waals surface area contributed by atoms with Gasteiger partial charge in [-0.15, -0.1) is 0 Å². The van der Waals surface area contributed by atoms with E-state index < -0.39 is 17.7 Å². The first kappa shape index (κ1) is 21.5. The molecule has 3 amide bonds. The van der Waals surface area contributed by atoms with Crippen molar-refractivity contribution in [1.29, 1.82) is 0 Å². The number of nitrogens with zero attached hydrogens (tertiary/aromatic N) is 2. The normalized spacial score (nSPS) is 13.7. The molecule has 0 saturated carbocycles. The Balaban J connectivity index is 1.46. The van der Waals surface area contributed by atoms with E-state index in [0.29, 0.717) is 27.9 Å². The topological polar surface area (TPSA) is 99.6 Å². The molecule has 34 heavy (non-hydrogen) atoms. The molecule has 5 rings (SSSR count). The number of aromatic nitrogens is 1. The maximum Gasteiger partial charge on any atom is 0.261 e. The summed E-state index contributed by atoms with van der Waals surface area (Å²) in [7, 11) is 0. The fraction of sp³-hybridized carbons (Fsp3) is 0.111. The van der Waals surface area contributed by atoms with E-state index in [1.807, 2.05) is 18.2 Å². The number of aliphatic hydroxyl groups is 1. The molecule has 0 radical (unpaired) electrons. The van der Waals surface area contributed by atoms with E-state index in [1.165, 1.54) is 0 Å². The second kappa shape index (κ2) is 8.88. The zero-order valence-corrected chi connectivity index (χ0v) is 18.1. The lowest BCUT2D eigenvalue weighted by molar-refractivity contribution is -0.117. The summed E-state index contributed by atoms with van der Waals surface area (Å²) in [4.78, 5) is 44.6. The predicted octanol–water partition coefficient (Wildman–Crippen LogP) is 3.75. The second-order valence-corrected chi connectivity index (χ2v) is 8.15. The minimum atomic E-state index is -0.803. The van der Waals surface area contributed by atoms with E-state index in [2.05, 4.69) is 10.3 Å². The van der Waals surface area contributed by atoms with Crippen LogP contribution in [0.1, 0.15) is 37.8 Å². The van der Waals surface area contributed by atoms with Gasteiger partial charge in [0.15, 0.2) is 0 Å². The molecule has 0 saturated heterocycles. The number of fused-ring (bicyclic) bond motifs is 2. The number of aliphatic hydroxyl groups excluding tert-OH is 1. The van der Waals surface area contributed by atoms with E-state index in [9.17, 15) is 19.5 Å². The Hall–Kier alpha value is -4.36. The molecule has 1 atom stereocenters. The third kappa shape index (κ3) is 3.93. The van der Waals surface area contributed by atoms with Crippen molar-refractivity contribution in [2.24, 2.45) is 0 Å². The summed E-state index contributed by atoms with van der Waals surface area (Å²) in [6, 6.07) is 20.9. The number of anilines is 1. The molecule has 0 bridgehead atoms. The first-order chi connectivity index (χ1) is 16.5. The van der Waals surface area contributed by atoms with E-state index in [4.69, 9.17) is 0 Å². The lowest BCUT2D eigenvalue weighted by Crippen LogP contribution is -2.38. The van der Waals surface area contributed by atoms with Crippen LogP contribution in [0.5, 0.6) is 0 Å². The minimum Gasteiger partial charge on any atom is -0.392 e. The van der Waals surface area contributed by atoms with Crippen LogP contribution in [0.3, 0.4) is 0 Å². The van der Waals surface area contributed by atoms with Crippen LogP contribution in [0.2, 0.25) is 0 Å². The Labute approximate surface area is 195 Å². The zero-order valence-electron chi connectivity index (χ0n) is 18.1. The number of pyridine rings is 1. The highest BCUT2D eigenvalue weighted by Crippen LogP contribution is 2.28. The van der Waals surface area contributed by atoms with Crippen LogP contribution < -0.4 is 5.32 Å². The summed E-state index contributed by atoms with van der Waals surface area (Å²) in [5.74, 6) is -1.98. The molecular weight excluding hydrogens is 430 g/mol. The van der Waals surface area contributed by atoms with Crippen LogP contribution in [0.25, 0.3) is 10.8 Å². The number of carbonyl (C=O) groups is 3. The SMILES string of the molecule is O=C(Nc1ccc2cnccc2c1)C(CN1C(=O)c2ccccc2C1=O)c1ccc(CO)cc1. The number of imide groups is 1. The minimum absolute atomic E-state index is 0.103. The Kier molecular flexibility index (Phi) is 5.61. The van der Waals surface area contributed by atoms with Crippen LogP contribution in [-0.2, 0) is 11.4 Å². The van der Waals surface area contributed by atoms with Gasteiger partial charge in [0.1, 0.15) is 0 Å². The van der Waals surface area contributed by atoms with Gasteiger partial charge in [-0.25, -0.2) is 0 Å². The van der Waals surface area contributed by atoms with Crippen molar-refractivity contribution in [2.45, 2.75) is 12.5 Å². The third-order valence-electron chi connectivity index (χ3n) is 6.03. The van der Waals surface area contributed by atoms with Crippen molar-refractivity contribution in [3.8, 4) is 0 Å². The number of benzene rings is 3. The largest absolute Gasteiger partial charge is 0.392 e. The number of amides is 3. The summed E-state index contributed by atoms with van der Waals surface area (Å²) >= 11 is 0. The Morgan fingerprint density at radius 2 is 1.62 bits per heavy atom. The lowest BCUT2D eigenvalue weighted by Gasteiger charge is -2.23. The summed E-state index contributed by atoms with van der Waals surface area (Å²) in [5.41, 5.74) is 2.61. The first-order valence-corrected chi connectivity index (χ1v) is 10.8. The van der Waals surface area contributed by atoms with Crippen LogP contribution in [0, 0.1) is 0 Å². The van der Waals surface area contributed by atoms with Gasteiger partial charge in [0.05, 0.1) is 23.7 Å². The summed E-state index contributed by atoms with van der Waals surface area (Å²) < 4.78 is 0. The van der Waals surface area contributed by atoms with E-state index >= 15 is 0 Å². The van der Waals surface area contributed by atoms with Gasteiger partial charge in [0, 0.05) is 30.0 Å². The molecule has 0 aliphatic carbocycles. The number of hydrogen-bond donors (Lipinski definition) is 2. The van der Waals surface area contributed by atoms with Crippen molar-refractivity contribution < 1.29 is 19.5 Å². The smallest absolute Gasteiger partial charge is 0.261 e. The second-order valence-electron chi connectivity index (χ2n) is 8.15. The molecule has 168 valence electrons. The van der Waals surface area contributed by atoms with E-state index in [0.717, 1.165) is 15.7 Å². The predicted molar refractivity (Wildman–Crippen MR) is 127 cm³/mol. The van der Waals surface area contributed by atoms with Crippen LogP contribution in [0.15, 0.2) is 85.2 Å². The molecule has 3 aromatic carbocycles. The average molecular weight is 451 g/mol. The molecule has 7 heteroatoms. The number of nitrogens with one attached hydrogen (secondary N) is 1. The standard InChI is InChI=1S/C27H21N3O4/c31-16-17-5-7-18(8-6-17)24(15-30-26(33)22-3-1-2-4-23(22)27(30)34)25(32)29-21-10-9-20-14-28-12-11-19(20)13-21/h1-14,24,31H,15-16H2,(H,29,32). The third-order valence-corrected chi connectivity index (χ3v) is 6.03. The fourth-order valence-corrected chi connectivity index (χ4v) is 4.17.